The van der Waals surface area contributed by atoms with Crippen molar-refractivity contribution in [1.82, 2.24) is 4.90 Å². The van der Waals surface area contributed by atoms with E-state index in [0.717, 1.165) is 10.0 Å². The van der Waals surface area contributed by atoms with E-state index in [9.17, 15) is 5.11 Å². The molecule has 0 aliphatic carbocycles. The summed E-state index contributed by atoms with van der Waals surface area (Å²) in [5, 5.41) is 9.48. The van der Waals surface area contributed by atoms with Gasteiger partial charge >= 0.3 is 0 Å². The molecule has 17 heavy (non-hydrogen) atoms. The minimum Gasteiger partial charge on any atom is -0.392 e. The molecule has 0 bridgehead atoms. The van der Waals surface area contributed by atoms with Gasteiger partial charge in [-0.1, -0.05) is 34.1 Å². The maximum absolute atomic E-state index is 9.48. The van der Waals surface area contributed by atoms with Crippen molar-refractivity contribution in [3.63, 3.8) is 0 Å². The summed E-state index contributed by atoms with van der Waals surface area (Å²) in [6.45, 7) is 4.38. The third kappa shape index (κ3) is 4.07. The second-order valence-electron chi connectivity index (χ2n) is 4.61. The van der Waals surface area contributed by atoms with Crippen molar-refractivity contribution in [2.24, 2.45) is 5.73 Å². The number of halogens is 1. The number of nitrogens with two attached hydrogens (primary N) is 1. The van der Waals surface area contributed by atoms with E-state index in [1.807, 2.05) is 32.2 Å². The molecule has 0 saturated carbocycles. The summed E-state index contributed by atoms with van der Waals surface area (Å²) < 4.78 is 1.06. The van der Waals surface area contributed by atoms with Crippen LogP contribution in [0.1, 0.15) is 25.5 Å². The number of aliphatic hydroxyl groups is 1. The quantitative estimate of drug-likeness (QED) is 0.876. The zero-order valence-electron chi connectivity index (χ0n) is 10.6. The first kappa shape index (κ1) is 14.6. The summed E-state index contributed by atoms with van der Waals surface area (Å²) in [7, 11) is 1.99. The van der Waals surface area contributed by atoms with Crippen LogP contribution >= 0.6 is 15.9 Å². The lowest BCUT2D eigenvalue weighted by molar-refractivity contribution is 0.109. The van der Waals surface area contributed by atoms with E-state index in [1.165, 1.54) is 0 Å². The van der Waals surface area contributed by atoms with Gasteiger partial charge in [-0.15, -0.1) is 0 Å². The first-order valence-corrected chi connectivity index (χ1v) is 6.61. The predicted molar refractivity (Wildman–Crippen MR) is 74.8 cm³/mol. The highest BCUT2D eigenvalue weighted by atomic mass is 79.9. The Morgan fingerprint density at radius 1 is 1.35 bits per heavy atom. The maximum Gasteiger partial charge on any atom is 0.0639 e. The third-order valence-electron chi connectivity index (χ3n) is 2.75. The van der Waals surface area contributed by atoms with E-state index in [2.05, 4.69) is 26.9 Å². The van der Waals surface area contributed by atoms with Crippen LogP contribution < -0.4 is 5.73 Å². The molecule has 0 amide bonds. The van der Waals surface area contributed by atoms with E-state index < -0.39 is 0 Å². The fraction of sp³-hybridized carbons (Fsp3) is 0.538. The minimum atomic E-state index is -0.358. The summed E-state index contributed by atoms with van der Waals surface area (Å²) >= 11 is 3.56. The molecule has 0 saturated heterocycles. The van der Waals surface area contributed by atoms with Crippen molar-refractivity contribution < 1.29 is 5.11 Å². The highest BCUT2D eigenvalue weighted by molar-refractivity contribution is 9.10. The molecular formula is C13H21BrN2O. The molecule has 1 rings (SSSR count). The van der Waals surface area contributed by atoms with Crippen molar-refractivity contribution in [1.29, 1.82) is 0 Å². The Morgan fingerprint density at radius 3 is 2.41 bits per heavy atom. The van der Waals surface area contributed by atoms with Gasteiger partial charge in [-0.25, -0.2) is 0 Å². The van der Waals surface area contributed by atoms with Gasteiger partial charge in [0.2, 0.25) is 0 Å². The van der Waals surface area contributed by atoms with Crippen molar-refractivity contribution in [3.05, 3.63) is 34.3 Å². The highest BCUT2D eigenvalue weighted by Gasteiger charge is 2.23. The number of benzene rings is 1. The molecule has 1 aromatic carbocycles. The van der Waals surface area contributed by atoms with Gasteiger partial charge < -0.3 is 10.8 Å². The number of rotatable bonds is 5. The lowest BCUT2D eigenvalue weighted by Crippen LogP contribution is -2.40. The fourth-order valence-corrected chi connectivity index (χ4v) is 2.69. The Labute approximate surface area is 112 Å². The molecule has 0 aromatic heterocycles. The summed E-state index contributed by atoms with van der Waals surface area (Å²) in [6.07, 6.45) is -0.358. The van der Waals surface area contributed by atoms with E-state index in [4.69, 9.17) is 5.73 Å². The van der Waals surface area contributed by atoms with Crippen LogP contribution in [-0.2, 0) is 0 Å². The van der Waals surface area contributed by atoms with Gasteiger partial charge in [-0.2, -0.15) is 0 Å². The molecule has 3 nitrogen and oxygen atoms in total. The first-order chi connectivity index (χ1) is 7.93. The van der Waals surface area contributed by atoms with E-state index in [0.29, 0.717) is 6.54 Å². The van der Waals surface area contributed by atoms with Gasteiger partial charge in [-0.3, -0.25) is 4.90 Å². The van der Waals surface area contributed by atoms with Gasteiger partial charge in [-0.05, 0) is 32.5 Å². The number of hydrogen-bond donors (Lipinski definition) is 2. The largest absolute Gasteiger partial charge is 0.392 e. The number of aliphatic hydroxyl groups excluding tert-OH is 1. The summed E-state index contributed by atoms with van der Waals surface area (Å²) in [5.74, 6) is 0. The van der Waals surface area contributed by atoms with Crippen LogP contribution in [0.2, 0.25) is 0 Å². The molecule has 0 spiro atoms. The smallest absolute Gasteiger partial charge is 0.0639 e. The second kappa shape index (κ2) is 6.50. The van der Waals surface area contributed by atoms with Crippen LogP contribution in [0.5, 0.6) is 0 Å². The van der Waals surface area contributed by atoms with Crippen LogP contribution in [0, 0.1) is 0 Å². The summed E-state index contributed by atoms with van der Waals surface area (Å²) in [4.78, 5) is 2.09. The van der Waals surface area contributed by atoms with E-state index >= 15 is 0 Å². The number of hydrogen-bond acceptors (Lipinski definition) is 3. The van der Waals surface area contributed by atoms with Crippen molar-refractivity contribution in [2.75, 3.05) is 13.6 Å². The average Bonchev–Trinajstić information content (AvgIpc) is 2.19. The number of nitrogens with zero attached hydrogens (tertiary/aromatic N) is 1. The van der Waals surface area contributed by atoms with Crippen LogP contribution in [0.3, 0.4) is 0 Å². The van der Waals surface area contributed by atoms with Crippen LogP contribution in [-0.4, -0.2) is 35.7 Å². The Hall–Kier alpha value is -0.420. The monoisotopic (exact) mass is 300 g/mol. The molecule has 3 N–H and O–H groups in total. The zero-order valence-corrected chi connectivity index (χ0v) is 12.2. The molecular weight excluding hydrogens is 280 g/mol. The van der Waals surface area contributed by atoms with Gasteiger partial charge in [0.15, 0.2) is 0 Å². The molecule has 0 aliphatic heterocycles. The maximum atomic E-state index is 9.48. The Bertz CT molecular complexity index is 355. The third-order valence-corrected chi connectivity index (χ3v) is 3.47. The highest BCUT2D eigenvalue weighted by Crippen LogP contribution is 2.28. The van der Waals surface area contributed by atoms with Gasteiger partial charge in [0, 0.05) is 17.1 Å². The molecule has 0 aliphatic rings. The lowest BCUT2D eigenvalue weighted by Gasteiger charge is -2.32. The number of likely N-dealkylation sites (N-methyl/N-ethyl adjacent to an activating group) is 1. The summed E-state index contributed by atoms with van der Waals surface area (Å²) in [5.41, 5.74) is 7.23. The summed E-state index contributed by atoms with van der Waals surface area (Å²) in [6, 6.07) is 8.17. The van der Waals surface area contributed by atoms with E-state index in [-0.39, 0.29) is 18.2 Å². The average molecular weight is 301 g/mol. The molecule has 1 aromatic rings. The molecule has 0 heterocycles. The van der Waals surface area contributed by atoms with Gasteiger partial charge in [0.05, 0.1) is 12.1 Å². The van der Waals surface area contributed by atoms with E-state index in [1.54, 1.807) is 6.92 Å². The van der Waals surface area contributed by atoms with Crippen molar-refractivity contribution in [2.45, 2.75) is 32.0 Å². The lowest BCUT2D eigenvalue weighted by atomic mass is 9.99. The zero-order chi connectivity index (χ0) is 13.0. The molecule has 0 radical (unpaired) electrons. The Morgan fingerprint density at radius 2 is 1.94 bits per heavy atom. The Balaban J connectivity index is 2.97. The topological polar surface area (TPSA) is 49.5 Å². The predicted octanol–water partition coefficient (Wildman–Crippen LogP) is 2.15. The van der Waals surface area contributed by atoms with Gasteiger partial charge in [0.1, 0.15) is 0 Å². The molecule has 96 valence electrons. The van der Waals surface area contributed by atoms with Crippen LogP contribution in [0.25, 0.3) is 0 Å². The standard InChI is InChI=1S/C13H21BrN2O/c1-9(17)8-16(3)13(10(2)15)11-6-4-5-7-12(11)14/h4-7,9-10,13,17H,8,15H2,1-3H3. The minimum absolute atomic E-state index is 0.00236. The van der Waals surface area contributed by atoms with Gasteiger partial charge in [0.25, 0.3) is 0 Å². The molecule has 0 fully saturated rings. The van der Waals surface area contributed by atoms with Crippen molar-refractivity contribution >= 4 is 15.9 Å². The SMILES string of the molecule is CC(O)CN(C)C(c1ccccc1Br)C(C)N. The van der Waals surface area contributed by atoms with Crippen LogP contribution in [0.4, 0.5) is 0 Å². The molecule has 3 atom stereocenters. The molecule has 3 unspecified atom stereocenters. The van der Waals surface area contributed by atoms with Crippen molar-refractivity contribution in [3.8, 4) is 0 Å². The molecule has 4 heteroatoms. The first-order valence-electron chi connectivity index (χ1n) is 5.81. The fourth-order valence-electron chi connectivity index (χ4n) is 2.17. The van der Waals surface area contributed by atoms with Crippen LogP contribution in [0.15, 0.2) is 28.7 Å². The normalized spacial score (nSPS) is 16.9. The second-order valence-corrected chi connectivity index (χ2v) is 5.47. The Kier molecular flexibility index (Phi) is 5.59.